The molecule has 0 spiro atoms. The maximum atomic E-state index is 12.2. The van der Waals surface area contributed by atoms with Gasteiger partial charge in [0.1, 0.15) is 0 Å². The van der Waals surface area contributed by atoms with Gasteiger partial charge >= 0.3 is 0 Å². The number of rotatable bonds is 1. The fourth-order valence-corrected chi connectivity index (χ4v) is 5.14. The maximum absolute atomic E-state index is 12.2. The number of carbonyl (C=O) groups is 1. The molecule has 88 valence electrons. The van der Waals surface area contributed by atoms with E-state index < -0.39 is 0 Å². The van der Waals surface area contributed by atoms with Crippen LogP contribution in [0.3, 0.4) is 0 Å². The molecule has 4 rings (SSSR count). The number of carbonyl (C=O) groups excluding carboxylic acids is 1. The fourth-order valence-electron chi connectivity index (χ4n) is 5.14. The van der Waals surface area contributed by atoms with Gasteiger partial charge in [-0.25, -0.2) is 0 Å². The first-order valence-corrected chi connectivity index (χ1v) is 6.69. The second kappa shape index (κ2) is 3.00. The summed E-state index contributed by atoms with van der Waals surface area (Å²) in [6.45, 7) is 9.17. The molecule has 0 aromatic heterocycles. The van der Waals surface area contributed by atoms with Crippen LogP contribution < -0.4 is 0 Å². The average Bonchev–Trinajstić information content (AvgIpc) is 2.15. The molecule has 2 fully saturated rings. The van der Waals surface area contributed by atoms with Crippen LogP contribution in [-0.4, -0.2) is 5.78 Å². The molecule has 0 heterocycles. The molecule has 0 saturated heterocycles. The summed E-state index contributed by atoms with van der Waals surface area (Å²) in [5.41, 5.74) is 1.69. The largest absolute Gasteiger partial charge is 0.295 e. The van der Waals surface area contributed by atoms with Crippen molar-refractivity contribution in [2.45, 2.75) is 40.5 Å². The van der Waals surface area contributed by atoms with Gasteiger partial charge in [-0.1, -0.05) is 26.3 Å². The predicted molar refractivity (Wildman–Crippen MR) is 64.9 cm³/mol. The lowest BCUT2D eigenvalue weighted by Crippen LogP contribution is -2.66. The summed E-state index contributed by atoms with van der Waals surface area (Å²) in [6.07, 6.45) is 4.53. The Kier molecular flexibility index (Phi) is 1.98. The van der Waals surface area contributed by atoms with E-state index in [0.717, 1.165) is 17.8 Å². The van der Waals surface area contributed by atoms with Crippen molar-refractivity contribution in [2.24, 2.45) is 35.0 Å². The molecule has 16 heavy (non-hydrogen) atoms. The van der Waals surface area contributed by atoms with E-state index in [0.29, 0.717) is 23.0 Å². The summed E-state index contributed by atoms with van der Waals surface area (Å²) >= 11 is 0. The number of allylic oxidation sites excluding steroid dienone is 2. The van der Waals surface area contributed by atoms with E-state index in [2.05, 4.69) is 27.7 Å². The van der Waals surface area contributed by atoms with E-state index in [1.54, 1.807) is 0 Å². The van der Waals surface area contributed by atoms with Crippen LogP contribution in [0.25, 0.3) is 0 Å². The summed E-state index contributed by atoms with van der Waals surface area (Å²) in [5.74, 6) is 3.70. The fraction of sp³-hybridized carbons (Fsp3) is 0.800. The second-order valence-corrected chi connectivity index (χ2v) is 6.78. The Morgan fingerprint density at radius 2 is 2.06 bits per heavy atom. The molecular formula is C15H22O. The van der Waals surface area contributed by atoms with Crippen molar-refractivity contribution in [2.75, 3.05) is 0 Å². The molecular weight excluding hydrogens is 196 g/mol. The van der Waals surface area contributed by atoms with E-state index in [9.17, 15) is 4.79 Å². The van der Waals surface area contributed by atoms with Gasteiger partial charge in [-0.3, -0.25) is 4.79 Å². The van der Waals surface area contributed by atoms with Gasteiger partial charge in [-0.2, -0.15) is 0 Å². The number of hydrogen-bond donors (Lipinski definition) is 0. The third-order valence-corrected chi connectivity index (χ3v) is 5.72. The molecule has 0 aromatic rings. The molecule has 0 amide bonds. The normalized spacial score (nSPS) is 50.1. The average molecular weight is 218 g/mol. The van der Waals surface area contributed by atoms with Crippen molar-refractivity contribution in [1.29, 1.82) is 0 Å². The highest BCUT2D eigenvalue weighted by molar-refractivity contribution is 5.96. The monoisotopic (exact) mass is 218 g/mol. The summed E-state index contributed by atoms with van der Waals surface area (Å²) in [4.78, 5) is 12.2. The highest BCUT2D eigenvalue weighted by Crippen LogP contribution is 2.70. The molecule has 4 aliphatic rings. The second-order valence-electron chi connectivity index (χ2n) is 6.78. The van der Waals surface area contributed by atoms with Crippen molar-refractivity contribution < 1.29 is 4.79 Å². The lowest BCUT2D eigenvalue weighted by Gasteiger charge is -2.69. The van der Waals surface area contributed by atoms with E-state index in [1.165, 1.54) is 18.4 Å². The van der Waals surface area contributed by atoms with Crippen molar-refractivity contribution in [1.82, 2.24) is 0 Å². The summed E-state index contributed by atoms with van der Waals surface area (Å²) in [5, 5.41) is 0. The zero-order chi connectivity index (χ0) is 11.7. The van der Waals surface area contributed by atoms with Crippen LogP contribution in [-0.2, 0) is 4.79 Å². The Labute approximate surface area is 98.3 Å². The Morgan fingerprint density at radius 3 is 2.62 bits per heavy atom. The highest BCUT2D eigenvalue weighted by atomic mass is 16.1. The van der Waals surface area contributed by atoms with Gasteiger partial charge in [0.25, 0.3) is 0 Å². The SMILES string of the molecule is CC1=CC(=O)C2[C@@H]3C1[C@@]2(C)CC[C@H]3C(C)C. The molecule has 0 N–H and O–H groups in total. The zero-order valence-electron chi connectivity index (χ0n) is 10.8. The van der Waals surface area contributed by atoms with E-state index >= 15 is 0 Å². The van der Waals surface area contributed by atoms with Crippen LogP contribution in [0, 0.1) is 35.0 Å². The smallest absolute Gasteiger partial charge is 0.159 e. The Bertz CT molecular complexity index is 379. The van der Waals surface area contributed by atoms with Crippen LogP contribution in [0.15, 0.2) is 11.6 Å². The summed E-state index contributed by atoms with van der Waals surface area (Å²) < 4.78 is 0. The number of hydrogen-bond acceptors (Lipinski definition) is 1. The Hall–Kier alpha value is -0.590. The number of fused-ring (bicyclic) bond motifs is 1. The molecule has 0 radical (unpaired) electrons. The lowest BCUT2D eigenvalue weighted by molar-refractivity contribution is -0.186. The standard InChI is InChI=1S/C15H22O/c1-8(2)10-5-6-15(4)13-9(3)7-11(16)14(15)12(10)13/h7-8,10,12-14H,5-6H2,1-4H3/t10-,12-,13?,14?,15+/m0/s1. The van der Waals surface area contributed by atoms with Crippen molar-refractivity contribution in [3.05, 3.63) is 11.6 Å². The van der Waals surface area contributed by atoms with Crippen molar-refractivity contribution in [3.8, 4) is 0 Å². The van der Waals surface area contributed by atoms with Crippen LogP contribution in [0.1, 0.15) is 40.5 Å². The van der Waals surface area contributed by atoms with Gasteiger partial charge < -0.3 is 0 Å². The Balaban J connectivity index is 2.02. The molecule has 1 heteroatoms. The third-order valence-electron chi connectivity index (χ3n) is 5.72. The minimum absolute atomic E-state index is 0.325. The molecule has 1 nitrogen and oxygen atoms in total. The van der Waals surface area contributed by atoms with Crippen molar-refractivity contribution in [3.63, 3.8) is 0 Å². The minimum Gasteiger partial charge on any atom is -0.295 e. The van der Waals surface area contributed by atoms with Crippen LogP contribution >= 0.6 is 0 Å². The van der Waals surface area contributed by atoms with Crippen LogP contribution in [0.2, 0.25) is 0 Å². The topological polar surface area (TPSA) is 17.1 Å². The van der Waals surface area contributed by atoms with Gasteiger partial charge in [0.15, 0.2) is 5.78 Å². The van der Waals surface area contributed by atoms with Gasteiger partial charge in [0.05, 0.1) is 0 Å². The summed E-state index contributed by atoms with van der Waals surface area (Å²) in [6, 6.07) is 0. The first-order chi connectivity index (χ1) is 7.47. The van der Waals surface area contributed by atoms with Gasteiger partial charge in [-0.15, -0.1) is 0 Å². The van der Waals surface area contributed by atoms with Crippen LogP contribution in [0.4, 0.5) is 0 Å². The molecule has 4 bridgehead atoms. The maximum Gasteiger partial charge on any atom is 0.159 e. The van der Waals surface area contributed by atoms with E-state index in [1.807, 2.05) is 6.08 Å². The molecule has 0 aliphatic heterocycles. The first kappa shape index (κ1) is 10.6. The molecule has 0 aromatic carbocycles. The minimum atomic E-state index is 0.325. The molecule has 5 atom stereocenters. The predicted octanol–water partition coefficient (Wildman–Crippen LogP) is 3.45. The molecule has 2 saturated carbocycles. The number of ketones is 1. The molecule has 4 aliphatic carbocycles. The zero-order valence-corrected chi connectivity index (χ0v) is 10.8. The quantitative estimate of drug-likeness (QED) is 0.659. The van der Waals surface area contributed by atoms with Crippen LogP contribution in [0.5, 0.6) is 0 Å². The lowest BCUT2D eigenvalue weighted by atomic mass is 9.34. The summed E-state index contributed by atoms with van der Waals surface area (Å²) in [7, 11) is 0. The Morgan fingerprint density at radius 1 is 1.38 bits per heavy atom. The molecule has 2 unspecified atom stereocenters. The van der Waals surface area contributed by atoms with E-state index in [4.69, 9.17) is 0 Å². The van der Waals surface area contributed by atoms with Gasteiger partial charge in [-0.05, 0) is 54.9 Å². The van der Waals surface area contributed by atoms with Gasteiger partial charge in [0, 0.05) is 5.92 Å². The third kappa shape index (κ3) is 1.00. The van der Waals surface area contributed by atoms with Gasteiger partial charge in [0.2, 0.25) is 0 Å². The van der Waals surface area contributed by atoms with E-state index in [-0.39, 0.29) is 0 Å². The first-order valence-electron chi connectivity index (χ1n) is 6.69. The van der Waals surface area contributed by atoms with Crippen molar-refractivity contribution >= 4 is 5.78 Å². The highest BCUT2D eigenvalue weighted by Gasteiger charge is 2.68.